The second-order valence-corrected chi connectivity index (χ2v) is 7.31. The monoisotopic (exact) mass is 313 g/mol. The van der Waals surface area contributed by atoms with Crippen LogP contribution in [0, 0.1) is 25.7 Å². The highest BCUT2D eigenvalue weighted by Gasteiger charge is 2.18. The van der Waals surface area contributed by atoms with E-state index in [0.29, 0.717) is 17.5 Å². The fourth-order valence-corrected chi connectivity index (χ4v) is 3.70. The van der Waals surface area contributed by atoms with E-state index in [1.807, 2.05) is 26.0 Å². The Bertz CT molecular complexity index is 739. The van der Waals surface area contributed by atoms with Crippen molar-refractivity contribution in [2.75, 3.05) is 6.54 Å². The molecular weight excluding hydrogens is 286 g/mol. The molecule has 1 aliphatic rings. The van der Waals surface area contributed by atoms with Gasteiger partial charge in [0.05, 0.1) is 11.6 Å². The molecule has 0 bridgehead atoms. The van der Waals surface area contributed by atoms with Gasteiger partial charge >= 0.3 is 0 Å². The van der Waals surface area contributed by atoms with Gasteiger partial charge in [-0.2, -0.15) is 0 Å². The van der Waals surface area contributed by atoms with E-state index in [-0.39, 0.29) is 5.43 Å². The quantitative estimate of drug-likeness (QED) is 0.913. The van der Waals surface area contributed by atoms with E-state index in [1.54, 1.807) is 6.26 Å². The molecule has 3 heteroatoms. The number of rotatable bonds is 4. The molecule has 0 spiro atoms. The zero-order valence-electron chi connectivity index (χ0n) is 14.4. The normalized spacial score (nSPS) is 21.7. The molecule has 3 nitrogen and oxygen atoms in total. The number of benzene rings is 1. The Kier molecular flexibility index (Phi) is 4.86. The van der Waals surface area contributed by atoms with Gasteiger partial charge in [0.25, 0.3) is 0 Å². The lowest BCUT2D eigenvalue weighted by molar-refractivity contribution is 0.281. The van der Waals surface area contributed by atoms with Crippen molar-refractivity contribution in [3.8, 4) is 0 Å². The molecule has 0 amide bonds. The summed E-state index contributed by atoms with van der Waals surface area (Å²) in [5.74, 6) is 1.63. The number of aryl methyl sites for hydroxylation is 2. The van der Waals surface area contributed by atoms with E-state index in [2.05, 4.69) is 12.2 Å². The standard InChI is InChI=1S/C20H27NO2/c1-13-4-6-16(7-5-13)10-21-11-17-12-23-20-15(3)8-14(2)9-18(20)19(17)22/h8-9,12-13,16,21H,4-7,10-11H2,1-3H3. The van der Waals surface area contributed by atoms with Crippen LogP contribution in [-0.2, 0) is 6.54 Å². The summed E-state index contributed by atoms with van der Waals surface area (Å²) in [4.78, 5) is 12.7. The highest BCUT2D eigenvalue weighted by Crippen LogP contribution is 2.27. The molecule has 1 N–H and O–H groups in total. The summed E-state index contributed by atoms with van der Waals surface area (Å²) in [7, 11) is 0. The molecule has 2 aromatic rings. The lowest BCUT2D eigenvalue weighted by atomic mass is 9.83. The summed E-state index contributed by atoms with van der Waals surface area (Å²) in [5, 5.41) is 4.16. The maximum atomic E-state index is 12.7. The van der Waals surface area contributed by atoms with Gasteiger partial charge in [0.1, 0.15) is 5.58 Å². The van der Waals surface area contributed by atoms with E-state index < -0.39 is 0 Å². The number of fused-ring (bicyclic) bond motifs is 1. The lowest BCUT2D eigenvalue weighted by Gasteiger charge is -2.26. The van der Waals surface area contributed by atoms with Crippen molar-refractivity contribution in [2.24, 2.45) is 11.8 Å². The fraction of sp³-hybridized carbons (Fsp3) is 0.550. The van der Waals surface area contributed by atoms with Crippen molar-refractivity contribution < 1.29 is 4.42 Å². The van der Waals surface area contributed by atoms with Crippen molar-refractivity contribution in [1.29, 1.82) is 0 Å². The first-order valence-electron chi connectivity index (χ1n) is 8.77. The Balaban J connectivity index is 1.69. The Morgan fingerprint density at radius 3 is 2.65 bits per heavy atom. The molecule has 0 atom stereocenters. The maximum absolute atomic E-state index is 12.7. The van der Waals surface area contributed by atoms with Crippen molar-refractivity contribution in [1.82, 2.24) is 5.32 Å². The van der Waals surface area contributed by atoms with Crippen LogP contribution in [0.2, 0.25) is 0 Å². The van der Waals surface area contributed by atoms with Gasteiger partial charge in [-0.3, -0.25) is 4.79 Å². The molecule has 1 aromatic carbocycles. The summed E-state index contributed by atoms with van der Waals surface area (Å²) in [6.45, 7) is 7.93. The molecule has 1 aliphatic carbocycles. The average molecular weight is 313 g/mol. The molecule has 0 radical (unpaired) electrons. The van der Waals surface area contributed by atoms with Gasteiger partial charge in [0, 0.05) is 12.1 Å². The molecule has 1 fully saturated rings. The zero-order valence-corrected chi connectivity index (χ0v) is 14.4. The summed E-state index contributed by atoms with van der Waals surface area (Å²) in [6, 6.07) is 3.98. The minimum atomic E-state index is 0.0998. The minimum absolute atomic E-state index is 0.0998. The van der Waals surface area contributed by atoms with Crippen molar-refractivity contribution in [3.05, 3.63) is 45.3 Å². The number of hydrogen-bond donors (Lipinski definition) is 1. The molecule has 0 unspecified atom stereocenters. The highest BCUT2D eigenvalue weighted by atomic mass is 16.3. The predicted octanol–water partition coefficient (Wildman–Crippen LogP) is 4.33. The van der Waals surface area contributed by atoms with E-state index in [9.17, 15) is 4.79 Å². The van der Waals surface area contributed by atoms with Crippen LogP contribution in [0.3, 0.4) is 0 Å². The SMILES string of the molecule is Cc1cc(C)c2occ(CNCC3CCC(C)CC3)c(=O)c2c1. The van der Waals surface area contributed by atoms with Crippen LogP contribution in [0.4, 0.5) is 0 Å². The van der Waals surface area contributed by atoms with Crippen LogP contribution >= 0.6 is 0 Å². The minimum Gasteiger partial charge on any atom is -0.463 e. The van der Waals surface area contributed by atoms with Gasteiger partial charge in [-0.15, -0.1) is 0 Å². The summed E-state index contributed by atoms with van der Waals surface area (Å²) < 4.78 is 5.73. The molecule has 23 heavy (non-hydrogen) atoms. The molecule has 0 aliphatic heterocycles. The second-order valence-electron chi connectivity index (χ2n) is 7.31. The lowest BCUT2D eigenvalue weighted by Crippen LogP contribution is -2.27. The number of hydrogen-bond acceptors (Lipinski definition) is 3. The molecule has 1 saturated carbocycles. The largest absolute Gasteiger partial charge is 0.463 e. The first-order chi connectivity index (χ1) is 11.0. The summed E-state index contributed by atoms with van der Waals surface area (Å²) >= 11 is 0. The molecule has 3 rings (SSSR count). The Morgan fingerprint density at radius 1 is 1.17 bits per heavy atom. The van der Waals surface area contributed by atoms with E-state index in [0.717, 1.165) is 35.1 Å². The van der Waals surface area contributed by atoms with Crippen LogP contribution in [0.25, 0.3) is 11.0 Å². The number of nitrogens with one attached hydrogen (secondary N) is 1. The van der Waals surface area contributed by atoms with Crippen LogP contribution in [-0.4, -0.2) is 6.54 Å². The van der Waals surface area contributed by atoms with Crippen LogP contribution in [0.1, 0.15) is 49.3 Å². The van der Waals surface area contributed by atoms with Crippen LogP contribution in [0.15, 0.2) is 27.6 Å². The molecular formula is C20H27NO2. The van der Waals surface area contributed by atoms with E-state index in [1.165, 1.54) is 25.7 Å². The topological polar surface area (TPSA) is 42.2 Å². The maximum Gasteiger partial charge on any atom is 0.197 e. The third kappa shape index (κ3) is 3.66. The van der Waals surface area contributed by atoms with Gasteiger partial charge in [0.15, 0.2) is 5.43 Å². The highest BCUT2D eigenvalue weighted by molar-refractivity contribution is 5.80. The van der Waals surface area contributed by atoms with Crippen LogP contribution in [0.5, 0.6) is 0 Å². The van der Waals surface area contributed by atoms with Crippen LogP contribution < -0.4 is 10.7 Å². The van der Waals surface area contributed by atoms with Gasteiger partial charge < -0.3 is 9.73 Å². The van der Waals surface area contributed by atoms with E-state index in [4.69, 9.17) is 4.42 Å². The van der Waals surface area contributed by atoms with Gasteiger partial charge in [-0.25, -0.2) is 0 Å². The van der Waals surface area contributed by atoms with Gasteiger partial charge in [0.2, 0.25) is 0 Å². The zero-order chi connectivity index (χ0) is 16.4. The first-order valence-corrected chi connectivity index (χ1v) is 8.77. The molecule has 124 valence electrons. The molecule has 1 heterocycles. The molecule has 0 saturated heterocycles. The smallest absolute Gasteiger partial charge is 0.197 e. The Morgan fingerprint density at radius 2 is 1.91 bits per heavy atom. The van der Waals surface area contributed by atoms with Crippen molar-refractivity contribution >= 4 is 11.0 Å². The summed E-state index contributed by atoms with van der Waals surface area (Å²) in [5.41, 5.74) is 3.66. The summed E-state index contributed by atoms with van der Waals surface area (Å²) in [6.07, 6.45) is 6.91. The van der Waals surface area contributed by atoms with E-state index >= 15 is 0 Å². The molecule has 1 aromatic heterocycles. The predicted molar refractivity (Wildman–Crippen MR) is 94.8 cm³/mol. The average Bonchev–Trinajstić information content (AvgIpc) is 2.52. The Labute approximate surface area is 138 Å². The van der Waals surface area contributed by atoms with Gasteiger partial charge in [-0.05, 0) is 62.3 Å². The fourth-order valence-electron chi connectivity index (χ4n) is 3.70. The first kappa shape index (κ1) is 16.3. The third-order valence-electron chi connectivity index (χ3n) is 5.16. The van der Waals surface area contributed by atoms with Crippen molar-refractivity contribution in [3.63, 3.8) is 0 Å². The third-order valence-corrected chi connectivity index (χ3v) is 5.16. The van der Waals surface area contributed by atoms with Gasteiger partial charge in [-0.1, -0.05) is 25.8 Å². The second kappa shape index (κ2) is 6.88. The Hall–Kier alpha value is -1.61. The van der Waals surface area contributed by atoms with Crippen molar-refractivity contribution in [2.45, 2.75) is 53.0 Å².